The fraction of sp³-hybridized carbons (Fsp3) is 0.500. The molecule has 1 rings (SSSR count). The number of hydrogen-bond acceptors (Lipinski definition) is 4. The van der Waals surface area contributed by atoms with Crippen LogP contribution in [0.5, 0.6) is 5.75 Å². The standard InChI is InChI=1S/C12H18FNO3S/c1-9(14)11-5-4-10(8-12(11)13)17-6-3-7-18(2,15)16/h4-5,8-9H,3,6-7,14H2,1-2H3. The zero-order valence-corrected chi connectivity index (χ0v) is 11.3. The first kappa shape index (κ1) is 14.9. The van der Waals surface area contributed by atoms with E-state index in [2.05, 4.69) is 0 Å². The highest BCUT2D eigenvalue weighted by molar-refractivity contribution is 7.90. The third-order valence-corrected chi connectivity index (χ3v) is 3.42. The molecule has 6 heteroatoms. The SMILES string of the molecule is CC(N)c1ccc(OCCCS(C)(=O)=O)cc1F. The van der Waals surface area contributed by atoms with Gasteiger partial charge in [0.25, 0.3) is 0 Å². The summed E-state index contributed by atoms with van der Waals surface area (Å²) in [4.78, 5) is 0. The average molecular weight is 275 g/mol. The molecule has 0 bridgehead atoms. The van der Waals surface area contributed by atoms with Crippen LogP contribution in [-0.4, -0.2) is 27.0 Å². The number of benzene rings is 1. The summed E-state index contributed by atoms with van der Waals surface area (Å²) < 4.78 is 40.6. The van der Waals surface area contributed by atoms with Gasteiger partial charge in [-0.3, -0.25) is 0 Å². The summed E-state index contributed by atoms with van der Waals surface area (Å²) in [5, 5.41) is 0. The highest BCUT2D eigenvalue weighted by Crippen LogP contribution is 2.20. The Balaban J connectivity index is 2.52. The van der Waals surface area contributed by atoms with Crippen molar-refractivity contribution >= 4 is 9.84 Å². The van der Waals surface area contributed by atoms with Crippen molar-refractivity contribution in [3.63, 3.8) is 0 Å². The van der Waals surface area contributed by atoms with Crippen molar-refractivity contribution in [3.05, 3.63) is 29.6 Å². The van der Waals surface area contributed by atoms with Gasteiger partial charge in [-0.25, -0.2) is 12.8 Å². The van der Waals surface area contributed by atoms with Gasteiger partial charge in [0, 0.05) is 23.9 Å². The first-order valence-corrected chi connectivity index (χ1v) is 7.71. The number of halogens is 1. The Morgan fingerprint density at radius 1 is 1.44 bits per heavy atom. The minimum absolute atomic E-state index is 0.0629. The van der Waals surface area contributed by atoms with Gasteiger partial charge in [0.2, 0.25) is 0 Å². The lowest BCUT2D eigenvalue weighted by Gasteiger charge is -2.10. The van der Waals surface area contributed by atoms with E-state index in [1.165, 1.54) is 12.3 Å². The lowest BCUT2D eigenvalue weighted by molar-refractivity contribution is 0.315. The average Bonchev–Trinajstić information content (AvgIpc) is 2.22. The summed E-state index contributed by atoms with van der Waals surface area (Å²) in [7, 11) is -2.98. The maximum atomic E-state index is 13.5. The molecule has 1 aromatic rings. The lowest BCUT2D eigenvalue weighted by Crippen LogP contribution is -2.09. The first-order valence-electron chi connectivity index (χ1n) is 5.65. The largest absolute Gasteiger partial charge is 0.493 e. The Bertz CT molecular complexity index is 500. The van der Waals surface area contributed by atoms with Crippen molar-refractivity contribution in [3.8, 4) is 5.75 Å². The van der Waals surface area contributed by atoms with Gasteiger partial charge >= 0.3 is 0 Å². The molecule has 0 aromatic heterocycles. The molecule has 18 heavy (non-hydrogen) atoms. The molecule has 0 aliphatic rings. The van der Waals surface area contributed by atoms with Gasteiger partial charge in [-0.05, 0) is 19.4 Å². The minimum atomic E-state index is -2.98. The van der Waals surface area contributed by atoms with E-state index < -0.39 is 15.7 Å². The van der Waals surface area contributed by atoms with Gasteiger partial charge in [-0.1, -0.05) is 6.07 Å². The highest BCUT2D eigenvalue weighted by Gasteiger charge is 2.08. The van der Waals surface area contributed by atoms with Crippen molar-refractivity contribution in [2.24, 2.45) is 5.73 Å². The van der Waals surface area contributed by atoms with Crippen LogP contribution < -0.4 is 10.5 Å². The molecule has 0 amide bonds. The Labute approximate surface area is 107 Å². The van der Waals surface area contributed by atoms with Crippen LogP contribution >= 0.6 is 0 Å². The lowest BCUT2D eigenvalue weighted by atomic mass is 10.1. The molecule has 0 saturated heterocycles. The topological polar surface area (TPSA) is 69.4 Å². The van der Waals surface area contributed by atoms with Gasteiger partial charge in [-0.15, -0.1) is 0 Å². The van der Waals surface area contributed by atoms with E-state index >= 15 is 0 Å². The molecule has 0 fully saturated rings. The summed E-state index contributed by atoms with van der Waals surface area (Å²) in [6.07, 6.45) is 1.56. The van der Waals surface area contributed by atoms with Crippen LogP contribution in [0.2, 0.25) is 0 Å². The number of rotatable bonds is 6. The van der Waals surface area contributed by atoms with Gasteiger partial charge in [0.15, 0.2) is 0 Å². The third kappa shape index (κ3) is 5.01. The number of hydrogen-bond donors (Lipinski definition) is 1. The molecule has 1 atom stereocenters. The van der Waals surface area contributed by atoms with Crippen LogP contribution in [0.1, 0.15) is 24.9 Å². The second kappa shape index (κ2) is 6.15. The Kier molecular flexibility index (Phi) is 5.10. The number of sulfone groups is 1. The van der Waals surface area contributed by atoms with Crippen molar-refractivity contribution < 1.29 is 17.5 Å². The van der Waals surface area contributed by atoms with Crippen molar-refractivity contribution in [1.29, 1.82) is 0 Å². The minimum Gasteiger partial charge on any atom is -0.493 e. The fourth-order valence-electron chi connectivity index (χ4n) is 1.48. The normalized spacial score (nSPS) is 13.3. The Hall–Kier alpha value is -1.14. The van der Waals surface area contributed by atoms with Crippen molar-refractivity contribution in [2.45, 2.75) is 19.4 Å². The van der Waals surface area contributed by atoms with Crippen LogP contribution in [0.4, 0.5) is 4.39 Å². The fourth-order valence-corrected chi connectivity index (χ4v) is 2.12. The molecule has 0 heterocycles. The van der Waals surface area contributed by atoms with Crippen LogP contribution in [0.15, 0.2) is 18.2 Å². The van der Waals surface area contributed by atoms with E-state index in [0.717, 1.165) is 0 Å². The van der Waals surface area contributed by atoms with Gasteiger partial charge in [0.05, 0.1) is 12.4 Å². The summed E-state index contributed by atoms with van der Waals surface area (Å²) >= 11 is 0. The predicted octanol–water partition coefficient (Wildman–Crippen LogP) is 1.66. The van der Waals surface area contributed by atoms with Gasteiger partial charge in [-0.2, -0.15) is 0 Å². The van der Waals surface area contributed by atoms with E-state index in [1.54, 1.807) is 19.1 Å². The van der Waals surface area contributed by atoms with E-state index in [1.807, 2.05) is 0 Å². The van der Waals surface area contributed by atoms with Crippen LogP contribution in [0.25, 0.3) is 0 Å². The maximum absolute atomic E-state index is 13.5. The van der Waals surface area contributed by atoms with Crippen molar-refractivity contribution in [1.82, 2.24) is 0 Å². The molecule has 1 unspecified atom stereocenters. The molecule has 2 N–H and O–H groups in total. The second-order valence-electron chi connectivity index (χ2n) is 4.30. The van der Waals surface area contributed by atoms with Gasteiger partial charge in [0.1, 0.15) is 21.4 Å². The predicted molar refractivity (Wildman–Crippen MR) is 68.8 cm³/mol. The van der Waals surface area contributed by atoms with Crippen LogP contribution in [-0.2, 0) is 9.84 Å². The van der Waals surface area contributed by atoms with E-state index in [9.17, 15) is 12.8 Å². The Morgan fingerprint density at radius 3 is 2.61 bits per heavy atom. The van der Waals surface area contributed by atoms with Gasteiger partial charge < -0.3 is 10.5 Å². The second-order valence-corrected chi connectivity index (χ2v) is 6.56. The summed E-state index contributed by atoms with van der Waals surface area (Å²) in [5.41, 5.74) is 6.02. The third-order valence-electron chi connectivity index (χ3n) is 2.39. The zero-order valence-electron chi connectivity index (χ0n) is 10.5. The molecule has 0 saturated carbocycles. The van der Waals surface area contributed by atoms with E-state index in [4.69, 9.17) is 10.5 Å². The molecule has 1 aromatic carbocycles. The molecule has 0 aliphatic heterocycles. The molecule has 0 aliphatic carbocycles. The number of ether oxygens (including phenoxy) is 1. The van der Waals surface area contributed by atoms with E-state index in [-0.39, 0.29) is 18.4 Å². The monoisotopic (exact) mass is 275 g/mol. The summed E-state index contributed by atoms with van der Waals surface area (Å²) in [5.74, 6) is 0.0314. The molecule has 102 valence electrons. The Morgan fingerprint density at radius 2 is 2.11 bits per heavy atom. The summed E-state index contributed by atoms with van der Waals surface area (Å²) in [6.45, 7) is 1.94. The first-order chi connectivity index (χ1) is 8.29. The smallest absolute Gasteiger partial charge is 0.147 e. The zero-order chi connectivity index (χ0) is 13.8. The molecule has 0 spiro atoms. The van der Waals surface area contributed by atoms with E-state index in [0.29, 0.717) is 17.7 Å². The van der Waals surface area contributed by atoms with Crippen molar-refractivity contribution in [2.75, 3.05) is 18.6 Å². The molecule has 0 radical (unpaired) electrons. The molecular weight excluding hydrogens is 257 g/mol. The number of nitrogens with two attached hydrogens (primary N) is 1. The maximum Gasteiger partial charge on any atom is 0.147 e. The summed E-state index contributed by atoms with van der Waals surface area (Å²) in [6, 6.07) is 4.09. The van der Waals surface area contributed by atoms with Crippen LogP contribution in [0.3, 0.4) is 0 Å². The molecule has 4 nitrogen and oxygen atoms in total. The molecular formula is C12H18FNO3S. The van der Waals surface area contributed by atoms with Crippen LogP contribution in [0, 0.1) is 5.82 Å². The quantitative estimate of drug-likeness (QED) is 0.802. The highest BCUT2D eigenvalue weighted by atomic mass is 32.2.